The van der Waals surface area contributed by atoms with Crippen LogP contribution in [-0.2, 0) is 6.61 Å². The molecule has 3 rings (SSSR count). The average molecular weight is 451 g/mol. The minimum atomic E-state index is -0.237. The van der Waals surface area contributed by atoms with Crippen molar-refractivity contribution in [3.8, 4) is 5.75 Å². The third-order valence-electron chi connectivity index (χ3n) is 5.38. The summed E-state index contributed by atoms with van der Waals surface area (Å²) in [4.78, 5) is 15.3. The summed E-state index contributed by atoms with van der Waals surface area (Å²) >= 11 is 6.27. The smallest absolute Gasteiger partial charge is 0.255 e. The molecule has 168 valence electrons. The Bertz CT molecular complexity index is 976. The van der Waals surface area contributed by atoms with Crippen LogP contribution in [0.3, 0.4) is 0 Å². The van der Waals surface area contributed by atoms with Gasteiger partial charge in [0, 0.05) is 17.8 Å². The van der Waals surface area contributed by atoms with E-state index in [9.17, 15) is 4.79 Å². The number of hydrogen-bond acceptors (Lipinski definition) is 3. The fourth-order valence-electron chi connectivity index (χ4n) is 3.61. The number of halogens is 1. The molecule has 1 aliphatic heterocycles. The molecule has 2 aromatic rings. The maximum atomic E-state index is 12.8. The van der Waals surface area contributed by atoms with E-state index in [0.29, 0.717) is 28.6 Å². The van der Waals surface area contributed by atoms with Gasteiger partial charge in [-0.1, -0.05) is 66.6 Å². The lowest BCUT2D eigenvalue weighted by Gasteiger charge is -2.26. The molecular formula is C27H31ClN2O2. The number of ether oxygens (including phenoxy) is 1. The number of benzene rings is 2. The number of hydrogen-bond donors (Lipinski definition) is 1. The summed E-state index contributed by atoms with van der Waals surface area (Å²) < 4.78 is 5.84. The summed E-state index contributed by atoms with van der Waals surface area (Å²) in [5.41, 5.74) is 3.40. The van der Waals surface area contributed by atoms with E-state index in [-0.39, 0.29) is 5.91 Å². The van der Waals surface area contributed by atoms with Gasteiger partial charge in [0.1, 0.15) is 12.4 Å². The van der Waals surface area contributed by atoms with Crippen LogP contribution in [0.1, 0.15) is 42.1 Å². The second-order valence-corrected chi connectivity index (χ2v) is 8.46. The Labute approximate surface area is 196 Å². The molecule has 32 heavy (non-hydrogen) atoms. The first kappa shape index (κ1) is 23.8. The zero-order chi connectivity index (χ0) is 22.8. The van der Waals surface area contributed by atoms with Crippen LogP contribution in [0.15, 0.2) is 84.6 Å². The third kappa shape index (κ3) is 7.40. The van der Waals surface area contributed by atoms with E-state index in [2.05, 4.69) is 23.7 Å². The maximum absolute atomic E-state index is 12.8. The molecule has 1 N–H and O–H groups in total. The monoisotopic (exact) mass is 450 g/mol. The van der Waals surface area contributed by atoms with Gasteiger partial charge in [0.05, 0.1) is 5.02 Å². The normalized spacial score (nSPS) is 15.3. The molecule has 0 atom stereocenters. The molecule has 1 saturated heterocycles. The first-order valence-corrected chi connectivity index (χ1v) is 11.4. The van der Waals surface area contributed by atoms with Crippen molar-refractivity contribution in [2.24, 2.45) is 0 Å². The summed E-state index contributed by atoms with van der Waals surface area (Å²) in [6.45, 7) is 9.59. The van der Waals surface area contributed by atoms with Crippen molar-refractivity contribution in [2.45, 2.75) is 32.8 Å². The van der Waals surface area contributed by atoms with Gasteiger partial charge in [0.15, 0.2) is 0 Å². The van der Waals surface area contributed by atoms with Crippen molar-refractivity contribution in [2.75, 3.05) is 19.6 Å². The summed E-state index contributed by atoms with van der Waals surface area (Å²) in [6.07, 6.45) is 9.46. The fourth-order valence-corrected chi connectivity index (χ4v) is 3.78. The van der Waals surface area contributed by atoms with Gasteiger partial charge in [-0.25, -0.2) is 0 Å². The Kier molecular flexibility index (Phi) is 9.14. The Morgan fingerprint density at radius 2 is 1.88 bits per heavy atom. The second-order valence-electron chi connectivity index (χ2n) is 8.05. The van der Waals surface area contributed by atoms with E-state index in [0.717, 1.165) is 25.2 Å². The van der Waals surface area contributed by atoms with Gasteiger partial charge < -0.3 is 10.1 Å². The highest BCUT2D eigenvalue weighted by molar-refractivity contribution is 6.32. The molecule has 4 nitrogen and oxygen atoms in total. The van der Waals surface area contributed by atoms with Crippen molar-refractivity contribution >= 4 is 17.5 Å². The van der Waals surface area contributed by atoms with E-state index in [4.69, 9.17) is 16.3 Å². The molecule has 0 spiro atoms. The number of carbonyl (C=O) groups is 1. The lowest BCUT2D eigenvalue weighted by molar-refractivity contribution is 0.0966. The molecule has 0 radical (unpaired) electrons. The molecule has 1 fully saturated rings. The van der Waals surface area contributed by atoms with Gasteiger partial charge in [-0.3, -0.25) is 9.69 Å². The molecule has 0 saturated carbocycles. The summed E-state index contributed by atoms with van der Waals surface area (Å²) in [5.74, 6) is 0.240. The Morgan fingerprint density at radius 3 is 2.59 bits per heavy atom. The van der Waals surface area contributed by atoms with Gasteiger partial charge in [0.2, 0.25) is 0 Å². The van der Waals surface area contributed by atoms with E-state index in [1.165, 1.54) is 24.8 Å². The molecule has 0 unspecified atom stereocenters. The van der Waals surface area contributed by atoms with Crippen LogP contribution in [0.4, 0.5) is 0 Å². The topological polar surface area (TPSA) is 41.6 Å². The molecule has 1 amide bonds. The molecule has 0 bridgehead atoms. The summed E-state index contributed by atoms with van der Waals surface area (Å²) in [6, 6.07) is 14.8. The molecule has 5 heteroatoms. The second kappa shape index (κ2) is 12.3. The molecule has 0 aromatic heterocycles. The van der Waals surface area contributed by atoms with Gasteiger partial charge in [-0.05, 0) is 68.8 Å². The van der Waals surface area contributed by atoms with E-state index >= 15 is 0 Å². The Morgan fingerprint density at radius 1 is 1.12 bits per heavy atom. The van der Waals surface area contributed by atoms with Crippen LogP contribution < -0.4 is 10.1 Å². The van der Waals surface area contributed by atoms with Crippen molar-refractivity contribution in [1.29, 1.82) is 0 Å². The summed E-state index contributed by atoms with van der Waals surface area (Å²) in [7, 11) is 0. The molecule has 0 aliphatic carbocycles. The van der Waals surface area contributed by atoms with E-state index in [1.807, 2.05) is 42.5 Å². The standard InChI is InChI=1S/C27H31ClN2O2/c1-3-24(14-12-21(2)19-30-16-8-5-9-17-30)29-27(31)23-13-15-25(28)26(18-23)32-20-22-10-6-4-7-11-22/h3-4,6-7,10-15,18H,1,5,8-9,16-17,19-20H2,2H3,(H,29,31)/b21-12+,24-14+. The van der Waals surface area contributed by atoms with Crippen LogP contribution in [0, 0.1) is 0 Å². The van der Waals surface area contributed by atoms with Crippen molar-refractivity contribution < 1.29 is 9.53 Å². The minimum absolute atomic E-state index is 0.237. The van der Waals surface area contributed by atoms with Crippen molar-refractivity contribution in [3.05, 3.63) is 101 Å². The minimum Gasteiger partial charge on any atom is -0.487 e. The highest BCUT2D eigenvalue weighted by atomic mass is 35.5. The number of rotatable bonds is 9. The van der Waals surface area contributed by atoms with Gasteiger partial charge in [-0.15, -0.1) is 0 Å². The summed E-state index contributed by atoms with van der Waals surface area (Å²) in [5, 5.41) is 3.38. The fraction of sp³-hybridized carbons (Fsp3) is 0.296. The zero-order valence-corrected chi connectivity index (χ0v) is 19.4. The highest BCUT2D eigenvalue weighted by Crippen LogP contribution is 2.26. The van der Waals surface area contributed by atoms with Crippen LogP contribution in [-0.4, -0.2) is 30.4 Å². The molecule has 1 aliphatic rings. The highest BCUT2D eigenvalue weighted by Gasteiger charge is 2.12. The molecule has 2 aromatic carbocycles. The quantitative estimate of drug-likeness (QED) is 0.466. The van der Waals surface area contributed by atoms with Crippen molar-refractivity contribution in [3.63, 3.8) is 0 Å². The number of likely N-dealkylation sites (tertiary alicyclic amines) is 1. The average Bonchev–Trinajstić information content (AvgIpc) is 2.82. The third-order valence-corrected chi connectivity index (χ3v) is 5.69. The lowest BCUT2D eigenvalue weighted by Crippen LogP contribution is -2.31. The van der Waals surface area contributed by atoms with E-state index < -0.39 is 0 Å². The SMILES string of the molecule is C=C/C(=C\C=C(/C)CN1CCCCC1)NC(=O)c1ccc(Cl)c(OCc2ccccc2)c1. The van der Waals surface area contributed by atoms with Gasteiger partial charge >= 0.3 is 0 Å². The van der Waals surface area contributed by atoms with Crippen molar-refractivity contribution in [1.82, 2.24) is 10.2 Å². The predicted octanol–water partition coefficient (Wildman–Crippen LogP) is 6.15. The van der Waals surface area contributed by atoms with Crippen LogP contribution in [0.2, 0.25) is 5.02 Å². The number of nitrogens with one attached hydrogen (secondary N) is 1. The predicted molar refractivity (Wildman–Crippen MR) is 132 cm³/mol. The first-order chi connectivity index (χ1) is 15.5. The largest absolute Gasteiger partial charge is 0.487 e. The first-order valence-electron chi connectivity index (χ1n) is 11.0. The van der Waals surface area contributed by atoms with Crippen LogP contribution >= 0.6 is 11.6 Å². The Balaban J connectivity index is 1.62. The number of allylic oxidation sites excluding steroid dienone is 3. The maximum Gasteiger partial charge on any atom is 0.255 e. The van der Waals surface area contributed by atoms with E-state index in [1.54, 1.807) is 24.3 Å². The number of piperidine rings is 1. The lowest BCUT2D eigenvalue weighted by atomic mass is 10.1. The van der Waals surface area contributed by atoms with Crippen LogP contribution in [0.25, 0.3) is 0 Å². The van der Waals surface area contributed by atoms with Gasteiger partial charge in [-0.2, -0.15) is 0 Å². The number of amides is 1. The number of nitrogens with zero attached hydrogens (tertiary/aromatic N) is 1. The molecule has 1 heterocycles. The Hall–Kier alpha value is -2.82. The number of carbonyl (C=O) groups excluding carboxylic acids is 1. The van der Waals surface area contributed by atoms with Gasteiger partial charge in [0.25, 0.3) is 5.91 Å². The zero-order valence-electron chi connectivity index (χ0n) is 18.6. The van der Waals surface area contributed by atoms with Crippen LogP contribution in [0.5, 0.6) is 5.75 Å². The molecular weight excluding hydrogens is 420 g/mol.